The van der Waals surface area contributed by atoms with Crippen LogP contribution in [-0.4, -0.2) is 52.4 Å². The largest absolute Gasteiger partial charge is 0.315 e. The van der Waals surface area contributed by atoms with Crippen LogP contribution in [0.2, 0.25) is 0 Å². The summed E-state index contributed by atoms with van der Waals surface area (Å²) >= 11 is 0. The molecule has 0 aromatic heterocycles. The van der Waals surface area contributed by atoms with Crippen molar-refractivity contribution in [3.8, 4) is 0 Å². The predicted octanol–water partition coefficient (Wildman–Crippen LogP) is 1.34. The van der Waals surface area contributed by atoms with E-state index in [9.17, 15) is 0 Å². The van der Waals surface area contributed by atoms with Crippen molar-refractivity contribution in [1.82, 2.24) is 21.3 Å². The zero-order chi connectivity index (χ0) is 14.0. The van der Waals surface area contributed by atoms with Crippen LogP contribution >= 0.6 is 0 Å². The molecule has 0 aliphatic heterocycles. The van der Waals surface area contributed by atoms with Gasteiger partial charge in [-0.25, -0.2) is 0 Å². The average Bonchev–Trinajstić information content (AvgIpc) is 2.43. The molecule has 0 fully saturated rings. The number of hydrogen-bond acceptors (Lipinski definition) is 4. The Bertz CT molecular complexity index is 137. The summed E-state index contributed by atoms with van der Waals surface area (Å²) in [6.07, 6.45) is 6.34. The van der Waals surface area contributed by atoms with E-state index in [4.69, 9.17) is 0 Å². The summed E-state index contributed by atoms with van der Waals surface area (Å²) in [5.41, 5.74) is 0. The highest BCUT2D eigenvalue weighted by Gasteiger charge is 1.90. The van der Waals surface area contributed by atoms with Gasteiger partial charge in [-0.15, -0.1) is 0 Å². The van der Waals surface area contributed by atoms with E-state index in [2.05, 4.69) is 35.1 Å². The quantitative estimate of drug-likeness (QED) is 0.320. The van der Waals surface area contributed by atoms with E-state index in [-0.39, 0.29) is 0 Å². The second kappa shape index (κ2) is 17.8. The zero-order valence-corrected chi connectivity index (χ0v) is 13.2. The molecule has 4 N–H and O–H groups in total. The van der Waals surface area contributed by atoms with Crippen molar-refractivity contribution in [2.45, 2.75) is 46.0 Å². The minimum absolute atomic E-state index is 1.09. The number of unbranched alkanes of at least 4 members (excludes halogenated alkanes) is 2. The van der Waals surface area contributed by atoms with Crippen molar-refractivity contribution < 1.29 is 0 Å². The first-order valence-electron chi connectivity index (χ1n) is 8.24. The molecule has 0 spiro atoms. The Labute approximate surface area is 120 Å². The zero-order valence-electron chi connectivity index (χ0n) is 13.2. The minimum atomic E-state index is 1.09. The summed E-state index contributed by atoms with van der Waals surface area (Å²) in [4.78, 5) is 0. The van der Waals surface area contributed by atoms with Gasteiger partial charge in [-0.05, 0) is 45.4 Å². The van der Waals surface area contributed by atoms with E-state index >= 15 is 0 Å². The molecule has 4 heteroatoms. The van der Waals surface area contributed by atoms with Gasteiger partial charge in [-0.1, -0.05) is 26.7 Å². The van der Waals surface area contributed by atoms with Gasteiger partial charge in [-0.2, -0.15) is 0 Å². The molecule has 0 radical (unpaired) electrons. The van der Waals surface area contributed by atoms with Crippen molar-refractivity contribution in [2.75, 3.05) is 52.4 Å². The Kier molecular flexibility index (Phi) is 17.7. The van der Waals surface area contributed by atoms with Gasteiger partial charge in [0.1, 0.15) is 0 Å². The first-order valence-corrected chi connectivity index (χ1v) is 8.24. The van der Waals surface area contributed by atoms with E-state index in [1.807, 2.05) is 0 Å². The molecule has 0 saturated carbocycles. The normalized spacial score (nSPS) is 11.1. The second-order valence-corrected chi connectivity index (χ2v) is 5.06. The lowest BCUT2D eigenvalue weighted by Gasteiger charge is -2.08. The molecule has 0 amide bonds. The Hall–Kier alpha value is -0.160. The monoisotopic (exact) mass is 272 g/mol. The molecule has 0 unspecified atom stereocenters. The van der Waals surface area contributed by atoms with Crippen molar-refractivity contribution in [1.29, 1.82) is 0 Å². The summed E-state index contributed by atoms with van der Waals surface area (Å²) in [6.45, 7) is 13.4. The third-order valence-electron chi connectivity index (χ3n) is 3.08. The molecule has 0 saturated heterocycles. The highest BCUT2D eigenvalue weighted by molar-refractivity contribution is 4.56. The lowest BCUT2D eigenvalue weighted by atomic mass is 10.3. The molecule has 0 atom stereocenters. The molecule has 0 aliphatic carbocycles. The molecule has 0 aromatic rings. The third kappa shape index (κ3) is 17.8. The van der Waals surface area contributed by atoms with Crippen molar-refractivity contribution in [3.63, 3.8) is 0 Å². The standard InChI is InChI=1S/C15H36N4/c1-3-5-8-16-12-14-18-10-7-11-19-15-13-17-9-6-4-2/h16-19H,3-15H2,1-2H3. The lowest BCUT2D eigenvalue weighted by molar-refractivity contribution is 0.552. The molecular formula is C15H36N4. The van der Waals surface area contributed by atoms with E-state index < -0.39 is 0 Å². The van der Waals surface area contributed by atoms with Crippen LogP contribution in [0, 0.1) is 0 Å². The average molecular weight is 272 g/mol. The fraction of sp³-hybridized carbons (Fsp3) is 1.00. The van der Waals surface area contributed by atoms with Gasteiger partial charge in [0.05, 0.1) is 0 Å². The summed E-state index contributed by atoms with van der Waals surface area (Å²) in [6, 6.07) is 0. The van der Waals surface area contributed by atoms with E-state index in [1.165, 1.54) is 32.1 Å². The molecule has 0 heterocycles. The van der Waals surface area contributed by atoms with E-state index in [0.29, 0.717) is 0 Å². The molecule has 116 valence electrons. The predicted molar refractivity (Wildman–Crippen MR) is 85.9 cm³/mol. The molecule has 4 nitrogen and oxygen atoms in total. The van der Waals surface area contributed by atoms with Crippen LogP contribution in [0.1, 0.15) is 46.0 Å². The molecule has 0 rings (SSSR count). The Balaban J connectivity index is 2.88. The maximum atomic E-state index is 3.46. The van der Waals surface area contributed by atoms with Crippen molar-refractivity contribution in [3.05, 3.63) is 0 Å². The highest BCUT2D eigenvalue weighted by Crippen LogP contribution is 1.82. The maximum absolute atomic E-state index is 3.46. The fourth-order valence-corrected chi connectivity index (χ4v) is 1.80. The number of nitrogens with one attached hydrogen (secondary N) is 4. The van der Waals surface area contributed by atoms with Crippen LogP contribution in [0.3, 0.4) is 0 Å². The number of rotatable bonds is 16. The van der Waals surface area contributed by atoms with Gasteiger partial charge >= 0.3 is 0 Å². The summed E-state index contributed by atoms with van der Waals surface area (Å²) in [7, 11) is 0. The van der Waals surface area contributed by atoms with Crippen LogP contribution in [0.5, 0.6) is 0 Å². The van der Waals surface area contributed by atoms with Crippen LogP contribution in [0.25, 0.3) is 0 Å². The summed E-state index contributed by atoms with van der Waals surface area (Å²) in [5, 5.41) is 13.8. The van der Waals surface area contributed by atoms with Crippen molar-refractivity contribution >= 4 is 0 Å². The van der Waals surface area contributed by atoms with Gasteiger partial charge in [-0.3, -0.25) is 0 Å². The molecule has 19 heavy (non-hydrogen) atoms. The second-order valence-electron chi connectivity index (χ2n) is 5.06. The smallest absolute Gasteiger partial charge is 0.00767 e. The molecule has 0 aromatic carbocycles. The minimum Gasteiger partial charge on any atom is -0.315 e. The van der Waals surface area contributed by atoms with Gasteiger partial charge in [0.2, 0.25) is 0 Å². The van der Waals surface area contributed by atoms with Gasteiger partial charge < -0.3 is 21.3 Å². The first kappa shape index (κ1) is 18.8. The maximum Gasteiger partial charge on any atom is 0.00767 e. The van der Waals surface area contributed by atoms with E-state index in [0.717, 1.165) is 52.4 Å². The van der Waals surface area contributed by atoms with Crippen LogP contribution in [-0.2, 0) is 0 Å². The molecular weight excluding hydrogens is 236 g/mol. The topological polar surface area (TPSA) is 48.1 Å². The van der Waals surface area contributed by atoms with Gasteiger partial charge in [0.15, 0.2) is 0 Å². The summed E-state index contributed by atoms with van der Waals surface area (Å²) in [5.74, 6) is 0. The first-order chi connectivity index (χ1) is 9.41. The fourth-order valence-electron chi connectivity index (χ4n) is 1.80. The van der Waals surface area contributed by atoms with Crippen LogP contribution < -0.4 is 21.3 Å². The van der Waals surface area contributed by atoms with E-state index in [1.54, 1.807) is 0 Å². The Morgan fingerprint density at radius 1 is 0.421 bits per heavy atom. The molecule has 0 bridgehead atoms. The third-order valence-corrected chi connectivity index (χ3v) is 3.08. The van der Waals surface area contributed by atoms with Gasteiger partial charge in [0, 0.05) is 26.2 Å². The SMILES string of the molecule is CCCCNCCNCCCNCCNCCCC. The Morgan fingerprint density at radius 2 is 0.737 bits per heavy atom. The highest BCUT2D eigenvalue weighted by atomic mass is 15.0. The lowest BCUT2D eigenvalue weighted by Crippen LogP contribution is -2.31. The van der Waals surface area contributed by atoms with Crippen LogP contribution in [0.4, 0.5) is 0 Å². The van der Waals surface area contributed by atoms with Gasteiger partial charge in [0.25, 0.3) is 0 Å². The number of hydrogen-bond donors (Lipinski definition) is 4. The summed E-state index contributed by atoms with van der Waals surface area (Å²) < 4.78 is 0. The molecule has 0 aliphatic rings. The van der Waals surface area contributed by atoms with Crippen molar-refractivity contribution in [2.24, 2.45) is 0 Å². The Morgan fingerprint density at radius 3 is 1.05 bits per heavy atom. The van der Waals surface area contributed by atoms with Crippen LogP contribution in [0.15, 0.2) is 0 Å².